The Kier molecular flexibility index (Phi) is 6.44. The molecule has 2 aromatic rings. The van der Waals surface area contributed by atoms with Gasteiger partial charge in [-0.05, 0) is 49.6 Å². The quantitative estimate of drug-likeness (QED) is 0.836. The van der Waals surface area contributed by atoms with Gasteiger partial charge in [0.25, 0.3) is 0 Å². The van der Waals surface area contributed by atoms with Crippen LogP contribution in [0.15, 0.2) is 42.5 Å². The predicted molar refractivity (Wildman–Crippen MR) is 102 cm³/mol. The van der Waals surface area contributed by atoms with Gasteiger partial charge in [-0.3, -0.25) is 9.59 Å². The highest BCUT2D eigenvalue weighted by Gasteiger charge is 2.09. The van der Waals surface area contributed by atoms with Gasteiger partial charge in [0.15, 0.2) is 0 Å². The second-order valence-electron chi connectivity index (χ2n) is 5.73. The molecule has 2 amide bonds. The van der Waals surface area contributed by atoms with Gasteiger partial charge < -0.3 is 10.6 Å². The van der Waals surface area contributed by atoms with E-state index in [9.17, 15) is 9.59 Å². The minimum absolute atomic E-state index is 0.0965. The van der Waals surface area contributed by atoms with E-state index in [-0.39, 0.29) is 23.3 Å². The topological polar surface area (TPSA) is 58.2 Å². The van der Waals surface area contributed by atoms with Gasteiger partial charge in [-0.15, -0.1) is 11.8 Å². The average Bonchev–Trinajstić information content (AvgIpc) is 2.51. The van der Waals surface area contributed by atoms with E-state index in [0.29, 0.717) is 0 Å². The van der Waals surface area contributed by atoms with E-state index >= 15 is 0 Å². The van der Waals surface area contributed by atoms with Crippen molar-refractivity contribution in [3.8, 4) is 0 Å². The molecule has 2 rings (SSSR count). The predicted octanol–water partition coefficient (Wildman–Crippen LogP) is 3.92. The molecular weight excluding hydrogens is 320 g/mol. The van der Waals surface area contributed by atoms with Crippen LogP contribution in [0.25, 0.3) is 0 Å². The Morgan fingerprint density at radius 2 is 1.46 bits per heavy atom. The maximum Gasteiger partial charge on any atom is 0.234 e. The van der Waals surface area contributed by atoms with E-state index < -0.39 is 0 Å². The summed E-state index contributed by atoms with van der Waals surface area (Å²) in [4.78, 5) is 23.9. The summed E-state index contributed by atoms with van der Waals surface area (Å²) >= 11 is 1.30. The molecule has 0 heterocycles. The largest absolute Gasteiger partial charge is 0.325 e. The first-order valence-corrected chi connectivity index (χ1v) is 8.91. The number of nitrogens with one attached hydrogen (secondary N) is 2. The highest BCUT2D eigenvalue weighted by molar-refractivity contribution is 8.00. The molecule has 5 heteroatoms. The lowest BCUT2D eigenvalue weighted by Gasteiger charge is -2.11. The van der Waals surface area contributed by atoms with Crippen molar-refractivity contribution in [2.24, 2.45) is 0 Å². The van der Waals surface area contributed by atoms with Crippen LogP contribution in [-0.4, -0.2) is 23.3 Å². The Morgan fingerprint density at radius 3 is 2.08 bits per heavy atom. The van der Waals surface area contributed by atoms with Crippen molar-refractivity contribution in [2.45, 2.75) is 20.8 Å². The van der Waals surface area contributed by atoms with E-state index in [4.69, 9.17) is 0 Å². The first-order valence-electron chi connectivity index (χ1n) is 7.76. The number of thioether (sulfide) groups is 1. The molecule has 0 aromatic heterocycles. The Labute approximate surface area is 147 Å². The summed E-state index contributed by atoms with van der Waals surface area (Å²) in [6.45, 7) is 5.90. The SMILES string of the molecule is Cc1cccc(NC(=O)CSCC(=O)Nc2c(C)cccc2C)c1. The van der Waals surface area contributed by atoms with E-state index in [2.05, 4.69) is 10.6 Å². The fourth-order valence-electron chi connectivity index (χ4n) is 2.34. The molecule has 2 N–H and O–H groups in total. The molecule has 4 nitrogen and oxygen atoms in total. The van der Waals surface area contributed by atoms with Gasteiger partial charge in [-0.1, -0.05) is 30.3 Å². The highest BCUT2D eigenvalue weighted by atomic mass is 32.2. The van der Waals surface area contributed by atoms with Crippen molar-refractivity contribution in [2.75, 3.05) is 22.1 Å². The summed E-state index contributed by atoms with van der Waals surface area (Å²) in [5, 5.41) is 5.75. The molecule has 0 radical (unpaired) electrons. The molecule has 24 heavy (non-hydrogen) atoms. The maximum absolute atomic E-state index is 12.0. The summed E-state index contributed by atoms with van der Waals surface area (Å²) in [5.74, 6) is 0.287. The minimum atomic E-state index is -0.106. The second-order valence-corrected chi connectivity index (χ2v) is 6.71. The summed E-state index contributed by atoms with van der Waals surface area (Å²) in [6.07, 6.45) is 0. The Hall–Kier alpha value is -2.27. The fourth-order valence-corrected chi connectivity index (χ4v) is 2.96. The molecular formula is C19H22N2O2S. The molecule has 2 aromatic carbocycles. The van der Waals surface area contributed by atoms with E-state index in [0.717, 1.165) is 28.1 Å². The highest BCUT2D eigenvalue weighted by Crippen LogP contribution is 2.19. The van der Waals surface area contributed by atoms with Crippen molar-refractivity contribution in [1.82, 2.24) is 0 Å². The number of rotatable bonds is 6. The number of amides is 2. The van der Waals surface area contributed by atoms with Crippen LogP contribution in [0.1, 0.15) is 16.7 Å². The van der Waals surface area contributed by atoms with Crippen LogP contribution in [0.5, 0.6) is 0 Å². The van der Waals surface area contributed by atoms with Crippen LogP contribution in [0, 0.1) is 20.8 Å². The van der Waals surface area contributed by atoms with Gasteiger partial charge >= 0.3 is 0 Å². The van der Waals surface area contributed by atoms with Gasteiger partial charge in [0, 0.05) is 11.4 Å². The van der Waals surface area contributed by atoms with Gasteiger partial charge in [-0.2, -0.15) is 0 Å². The normalized spacial score (nSPS) is 10.3. The second kappa shape index (κ2) is 8.55. The molecule has 0 fully saturated rings. The number of aryl methyl sites for hydroxylation is 3. The van der Waals surface area contributed by atoms with Crippen LogP contribution in [-0.2, 0) is 9.59 Å². The third kappa shape index (κ3) is 5.42. The van der Waals surface area contributed by atoms with Gasteiger partial charge in [0.05, 0.1) is 11.5 Å². The van der Waals surface area contributed by atoms with Crippen LogP contribution in [0.4, 0.5) is 11.4 Å². The van der Waals surface area contributed by atoms with E-state index in [1.54, 1.807) is 0 Å². The fraction of sp³-hybridized carbons (Fsp3) is 0.263. The lowest BCUT2D eigenvalue weighted by molar-refractivity contribution is -0.114. The number of hydrogen-bond acceptors (Lipinski definition) is 3. The monoisotopic (exact) mass is 342 g/mol. The number of hydrogen-bond donors (Lipinski definition) is 2. The number of carbonyl (C=O) groups is 2. The van der Waals surface area contributed by atoms with Crippen LogP contribution in [0.2, 0.25) is 0 Å². The molecule has 0 atom stereocenters. The molecule has 0 aliphatic rings. The van der Waals surface area contributed by atoms with Crippen LogP contribution in [0.3, 0.4) is 0 Å². The first kappa shape index (κ1) is 18.1. The first-order chi connectivity index (χ1) is 11.5. The molecule has 0 aliphatic heterocycles. The third-order valence-corrected chi connectivity index (χ3v) is 4.45. The summed E-state index contributed by atoms with van der Waals surface area (Å²) < 4.78 is 0. The van der Waals surface area contributed by atoms with Crippen molar-refractivity contribution in [3.63, 3.8) is 0 Å². The lowest BCUT2D eigenvalue weighted by atomic mass is 10.1. The average molecular weight is 342 g/mol. The minimum Gasteiger partial charge on any atom is -0.325 e. The van der Waals surface area contributed by atoms with Gasteiger partial charge in [0.2, 0.25) is 11.8 Å². The standard InChI is InChI=1S/C19H22N2O2S/c1-13-6-4-9-16(10-13)20-17(22)11-24-12-18(23)21-19-14(2)7-5-8-15(19)3/h4-10H,11-12H2,1-3H3,(H,20,22)(H,21,23). The van der Waals surface area contributed by atoms with Crippen molar-refractivity contribution in [1.29, 1.82) is 0 Å². The molecule has 0 saturated heterocycles. The number of benzene rings is 2. The van der Waals surface area contributed by atoms with Gasteiger partial charge in [0.1, 0.15) is 0 Å². The molecule has 0 bridgehead atoms. The maximum atomic E-state index is 12.0. The molecule has 0 aliphatic carbocycles. The number of carbonyl (C=O) groups excluding carboxylic acids is 2. The molecule has 126 valence electrons. The molecule has 0 unspecified atom stereocenters. The number of para-hydroxylation sites is 1. The van der Waals surface area contributed by atoms with Crippen LogP contribution >= 0.6 is 11.8 Å². The Bertz CT molecular complexity index is 724. The Morgan fingerprint density at radius 1 is 0.875 bits per heavy atom. The summed E-state index contributed by atoms with van der Waals surface area (Å²) in [6, 6.07) is 13.5. The Balaban J connectivity index is 1.77. The lowest BCUT2D eigenvalue weighted by Crippen LogP contribution is -2.19. The smallest absolute Gasteiger partial charge is 0.234 e. The van der Waals surface area contributed by atoms with E-state index in [1.165, 1.54) is 11.8 Å². The number of anilines is 2. The molecule has 0 saturated carbocycles. The van der Waals surface area contributed by atoms with Crippen molar-refractivity contribution < 1.29 is 9.59 Å². The zero-order valence-corrected chi connectivity index (χ0v) is 15.0. The van der Waals surface area contributed by atoms with Crippen LogP contribution < -0.4 is 10.6 Å². The van der Waals surface area contributed by atoms with E-state index in [1.807, 2.05) is 63.2 Å². The van der Waals surface area contributed by atoms with Crippen molar-refractivity contribution in [3.05, 3.63) is 59.2 Å². The molecule has 0 spiro atoms. The summed E-state index contributed by atoms with van der Waals surface area (Å²) in [5.41, 5.74) is 4.79. The van der Waals surface area contributed by atoms with Crippen molar-refractivity contribution >= 4 is 35.0 Å². The zero-order valence-electron chi connectivity index (χ0n) is 14.2. The summed E-state index contributed by atoms with van der Waals surface area (Å²) in [7, 11) is 0. The zero-order chi connectivity index (χ0) is 17.5. The third-order valence-electron chi connectivity index (χ3n) is 3.51. The van der Waals surface area contributed by atoms with Gasteiger partial charge in [-0.25, -0.2) is 0 Å².